The molecule has 0 aliphatic rings. The molecular weight excluding hydrogens is 743 g/mol. The summed E-state index contributed by atoms with van der Waals surface area (Å²) < 4.78 is 76.8. The second kappa shape index (κ2) is 14.6. The Kier molecular flexibility index (Phi) is 9.77. The number of rotatable bonds is 13. The Morgan fingerprint density at radius 2 is 1.19 bits per heavy atom. The first kappa shape index (κ1) is 36.1. The normalized spacial score (nSPS) is 12.0. The summed E-state index contributed by atoms with van der Waals surface area (Å²) >= 11 is 0. The van der Waals surface area contributed by atoms with E-state index in [9.17, 15) is 26.4 Å². The fourth-order valence-electron chi connectivity index (χ4n) is 5.95. The molecule has 17 nitrogen and oxygen atoms in total. The third-order valence-corrected chi connectivity index (χ3v) is 9.06. The maximum absolute atomic E-state index is 13.7. The van der Waals surface area contributed by atoms with E-state index >= 15 is 0 Å². The first-order valence-electron chi connectivity index (χ1n) is 16.2. The molecule has 0 saturated heterocycles. The number of unbranched alkanes of at least 4 members (excludes halogenated alkanes) is 1. The molecule has 3 heterocycles. The summed E-state index contributed by atoms with van der Waals surface area (Å²) in [6, 6.07) is 25.3. The van der Waals surface area contributed by atoms with Gasteiger partial charge in [-0.2, -0.15) is 16.8 Å². The van der Waals surface area contributed by atoms with Crippen LogP contribution in [0.15, 0.2) is 113 Å². The lowest BCUT2D eigenvalue weighted by atomic mass is 10.1. The largest absolute Gasteiger partial charge is 0.446 e. The Balaban J connectivity index is 1.10. The van der Waals surface area contributed by atoms with E-state index in [4.69, 9.17) is 19.1 Å². The van der Waals surface area contributed by atoms with Crippen molar-refractivity contribution in [3.63, 3.8) is 0 Å². The first-order valence-corrected chi connectivity index (χ1v) is 19.0. The number of hydrogen-bond donors (Lipinski definition) is 2. The molecule has 276 valence electrons. The first-order chi connectivity index (χ1) is 25.8. The summed E-state index contributed by atoms with van der Waals surface area (Å²) in [5.74, 6) is 0.291. The molecule has 7 rings (SSSR count). The molecule has 0 spiro atoms. The van der Waals surface area contributed by atoms with E-state index in [0.717, 1.165) is 0 Å². The predicted octanol–water partition coefficient (Wildman–Crippen LogP) is 3.92. The lowest BCUT2D eigenvalue weighted by Crippen LogP contribution is -2.24. The number of benzene rings is 4. The predicted molar refractivity (Wildman–Crippen MR) is 196 cm³/mol. The second-order valence-electron chi connectivity index (χ2n) is 12.0. The van der Waals surface area contributed by atoms with Gasteiger partial charge < -0.3 is 8.37 Å². The Morgan fingerprint density at radius 1 is 0.611 bits per heavy atom. The molecule has 0 amide bonds. The van der Waals surface area contributed by atoms with E-state index in [-0.39, 0.29) is 47.4 Å². The quantitative estimate of drug-likeness (QED) is 0.125. The molecule has 19 heteroatoms. The summed E-state index contributed by atoms with van der Waals surface area (Å²) in [4.78, 5) is 36.7. The fraction of sp³-hybridized carbons (Fsp3) is 0.143. The van der Waals surface area contributed by atoms with E-state index < -0.39 is 20.8 Å². The molecule has 3 aromatic heterocycles. The Hall–Kier alpha value is -6.28. The van der Waals surface area contributed by atoms with Crippen molar-refractivity contribution in [2.45, 2.75) is 32.5 Å². The standard InChI is InChI=1S/C35H29N7O10S2/c43-34-28-10-1-3-12-30(28)37-33(24-8-7-9-27(20-24)52-54(48,49)50)41(34)19-6-5-18-40-21-25(38-39-40)22-42-32(36-31-13-4-2-11-29(31)35(42)44)23-14-16-26(17-15-23)51-53(45,46)47/h1-4,7-17,20-21H,5-6,18-19,22H2,(H,45,46,47)(H,48,49,50). The van der Waals surface area contributed by atoms with E-state index in [1.165, 1.54) is 51.6 Å². The molecule has 0 unspecified atom stereocenters. The highest BCUT2D eigenvalue weighted by Crippen LogP contribution is 2.26. The smallest absolute Gasteiger partial charge is 0.362 e. The lowest BCUT2D eigenvalue weighted by Gasteiger charge is -2.14. The number of hydrogen-bond acceptors (Lipinski definition) is 12. The molecule has 0 aliphatic heterocycles. The second-order valence-corrected chi connectivity index (χ2v) is 14.1. The van der Waals surface area contributed by atoms with Gasteiger partial charge in [-0.25, -0.2) is 9.97 Å². The van der Waals surface area contributed by atoms with Crippen molar-refractivity contribution in [1.29, 1.82) is 0 Å². The SMILES string of the molecule is O=c1c2ccccc2nc(-c2cccc(OS(=O)(=O)O)c2)n1CCCCn1cc(Cn2c(-c3ccc(OS(=O)(=O)O)cc3)nc3ccccc3c2=O)nn1. The van der Waals surface area contributed by atoms with Crippen LogP contribution in [-0.2, 0) is 40.4 Å². The van der Waals surface area contributed by atoms with Gasteiger partial charge in [0.05, 0.1) is 34.5 Å². The van der Waals surface area contributed by atoms with Gasteiger partial charge in [0, 0.05) is 24.2 Å². The molecule has 54 heavy (non-hydrogen) atoms. The van der Waals surface area contributed by atoms with E-state index in [0.29, 0.717) is 58.0 Å². The van der Waals surface area contributed by atoms with Crippen LogP contribution in [0.1, 0.15) is 18.5 Å². The van der Waals surface area contributed by atoms with Crippen LogP contribution in [0.3, 0.4) is 0 Å². The summed E-state index contributed by atoms with van der Waals surface area (Å²) in [5, 5.41) is 9.29. The van der Waals surface area contributed by atoms with Crippen molar-refractivity contribution < 1.29 is 34.3 Å². The van der Waals surface area contributed by atoms with Crippen molar-refractivity contribution in [2.24, 2.45) is 0 Å². The molecule has 2 N–H and O–H groups in total. The van der Waals surface area contributed by atoms with Crippen LogP contribution in [0, 0.1) is 0 Å². The van der Waals surface area contributed by atoms with Gasteiger partial charge in [0.1, 0.15) is 28.8 Å². The summed E-state index contributed by atoms with van der Waals surface area (Å²) in [7, 11) is -9.50. The van der Waals surface area contributed by atoms with Crippen molar-refractivity contribution in [2.75, 3.05) is 0 Å². The average Bonchev–Trinajstić information content (AvgIpc) is 3.58. The van der Waals surface area contributed by atoms with Gasteiger partial charge in [0.15, 0.2) is 0 Å². The van der Waals surface area contributed by atoms with Crippen LogP contribution in [0.4, 0.5) is 0 Å². The van der Waals surface area contributed by atoms with E-state index in [1.807, 2.05) is 0 Å². The number of fused-ring (bicyclic) bond motifs is 2. The van der Waals surface area contributed by atoms with Crippen LogP contribution in [0.25, 0.3) is 44.6 Å². The zero-order valence-corrected chi connectivity index (χ0v) is 29.6. The van der Waals surface area contributed by atoms with Crippen LogP contribution < -0.4 is 19.5 Å². The Labute approximate surface area is 306 Å². The molecule has 7 aromatic rings. The maximum atomic E-state index is 13.7. The van der Waals surface area contributed by atoms with Gasteiger partial charge in [-0.05, 0) is 73.5 Å². The summed E-state index contributed by atoms with van der Waals surface area (Å²) in [6.07, 6.45) is 2.78. The molecule has 0 aliphatic carbocycles. The van der Waals surface area contributed by atoms with Gasteiger partial charge in [0.25, 0.3) is 11.1 Å². The topological polar surface area (TPSA) is 228 Å². The molecule has 4 aromatic carbocycles. The van der Waals surface area contributed by atoms with Crippen molar-refractivity contribution >= 4 is 42.6 Å². The molecule has 0 atom stereocenters. The zero-order chi connectivity index (χ0) is 38.0. The molecule has 0 bridgehead atoms. The highest BCUT2D eigenvalue weighted by atomic mass is 32.3. The summed E-state index contributed by atoms with van der Waals surface area (Å²) in [5.41, 5.74) is 1.64. The van der Waals surface area contributed by atoms with E-state index in [1.54, 1.807) is 65.5 Å². The molecule has 0 saturated carbocycles. The minimum atomic E-state index is -4.77. The van der Waals surface area contributed by atoms with Crippen LogP contribution in [-0.4, -0.2) is 60.0 Å². The minimum absolute atomic E-state index is 0.0111. The minimum Gasteiger partial charge on any atom is -0.362 e. The summed E-state index contributed by atoms with van der Waals surface area (Å²) in [6.45, 7) is 0.687. The van der Waals surface area contributed by atoms with Gasteiger partial charge in [-0.15, -0.1) is 5.10 Å². The van der Waals surface area contributed by atoms with Gasteiger partial charge in [-0.1, -0.05) is 41.6 Å². The van der Waals surface area contributed by atoms with Crippen LogP contribution in [0.5, 0.6) is 11.5 Å². The Bertz CT molecular complexity index is 2870. The van der Waals surface area contributed by atoms with Crippen LogP contribution in [0.2, 0.25) is 0 Å². The monoisotopic (exact) mass is 771 g/mol. The van der Waals surface area contributed by atoms with Crippen LogP contribution >= 0.6 is 0 Å². The Morgan fingerprint density at radius 3 is 1.83 bits per heavy atom. The number of para-hydroxylation sites is 2. The van der Waals surface area contributed by atoms with Crippen molar-refractivity contribution in [1.82, 2.24) is 34.1 Å². The van der Waals surface area contributed by atoms with Crippen molar-refractivity contribution in [3.05, 3.63) is 130 Å². The third kappa shape index (κ3) is 8.18. The lowest BCUT2D eigenvalue weighted by molar-refractivity contribution is 0.384. The number of nitrogens with zero attached hydrogens (tertiary/aromatic N) is 7. The average molecular weight is 772 g/mol. The highest BCUT2D eigenvalue weighted by Gasteiger charge is 2.17. The highest BCUT2D eigenvalue weighted by molar-refractivity contribution is 7.81. The van der Waals surface area contributed by atoms with E-state index in [2.05, 4.69) is 18.7 Å². The van der Waals surface area contributed by atoms with Gasteiger partial charge in [-0.3, -0.25) is 32.5 Å². The molecule has 0 fully saturated rings. The van der Waals surface area contributed by atoms with Gasteiger partial charge in [0.2, 0.25) is 0 Å². The molecule has 0 radical (unpaired) electrons. The van der Waals surface area contributed by atoms with Gasteiger partial charge >= 0.3 is 20.8 Å². The number of aryl methyl sites for hydroxylation is 1. The van der Waals surface area contributed by atoms with Crippen molar-refractivity contribution in [3.8, 4) is 34.3 Å². The number of aromatic nitrogens is 7. The zero-order valence-electron chi connectivity index (χ0n) is 28.0. The third-order valence-electron chi connectivity index (χ3n) is 8.26. The maximum Gasteiger partial charge on any atom is 0.446 e. The fourth-order valence-corrected chi connectivity index (χ4v) is 6.65. The molecular formula is C35H29N7O10S2.